The topological polar surface area (TPSA) is 89.0 Å². The van der Waals surface area contributed by atoms with Gasteiger partial charge in [0.25, 0.3) is 5.91 Å². The number of carbonyl (C=O) groups is 1. The van der Waals surface area contributed by atoms with E-state index in [1.807, 2.05) is 0 Å². The van der Waals surface area contributed by atoms with Crippen molar-refractivity contribution in [3.8, 4) is 5.88 Å². The quantitative estimate of drug-likeness (QED) is 0.761. The van der Waals surface area contributed by atoms with Crippen molar-refractivity contribution >= 4 is 15.9 Å². The van der Waals surface area contributed by atoms with Gasteiger partial charge in [-0.1, -0.05) is 0 Å². The van der Waals surface area contributed by atoms with Crippen LogP contribution in [0.3, 0.4) is 0 Å². The Balaban J connectivity index is 1.56. The minimum atomic E-state index is -3.20. The van der Waals surface area contributed by atoms with Gasteiger partial charge in [0.15, 0.2) is 0 Å². The molecule has 0 spiro atoms. The predicted octanol–water partition coefficient (Wildman–Crippen LogP) is 0.357. The zero-order chi connectivity index (χ0) is 17.9. The van der Waals surface area contributed by atoms with Gasteiger partial charge in [-0.2, -0.15) is 4.31 Å². The van der Waals surface area contributed by atoms with Crippen molar-refractivity contribution in [3.05, 3.63) is 23.9 Å². The average molecular weight is 369 g/mol. The maximum absolute atomic E-state index is 12.5. The summed E-state index contributed by atoms with van der Waals surface area (Å²) in [6.45, 7) is 2.80. The normalized spacial score (nSPS) is 20.4. The van der Waals surface area contributed by atoms with Gasteiger partial charge >= 0.3 is 0 Å². The molecule has 2 aliphatic heterocycles. The first-order valence-corrected chi connectivity index (χ1v) is 10.2. The summed E-state index contributed by atoms with van der Waals surface area (Å²) < 4.78 is 35.5. The van der Waals surface area contributed by atoms with Gasteiger partial charge in [0, 0.05) is 51.3 Å². The number of amides is 1. The molecule has 2 saturated heterocycles. The monoisotopic (exact) mass is 369 g/mol. The van der Waals surface area contributed by atoms with Crippen LogP contribution in [0.15, 0.2) is 18.3 Å². The zero-order valence-corrected chi connectivity index (χ0v) is 15.1. The number of piperazine rings is 1. The van der Waals surface area contributed by atoms with E-state index in [4.69, 9.17) is 9.47 Å². The number of ether oxygens (including phenoxy) is 2. The minimum absolute atomic E-state index is 0.104. The molecular formula is C16H23N3O5S. The molecule has 0 aromatic carbocycles. The molecule has 1 aromatic heterocycles. The van der Waals surface area contributed by atoms with Crippen LogP contribution in [0.4, 0.5) is 0 Å². The van der Waals surface area contributed by atoms with Crippen molar-refractivity contribution in [2.24, 2.45) is 0 Å². The smallest absolute Gasteiger partial charge is 0.255 e. The van der Waals surface area contributed by atoms with Gasteiger partial charge in [0.05, 0.1) is 25.0 Å². The molecule has 1 aromatic rings. The second-order valence-corrected chi connectivity index (χ2v) is 8.25. The number of hydrogen-bond donors (Lipinski definition) is 0. The fraction of sp³-hybridized carbons (Fsp3) is 0.625. The summed E-state index contributed by atoms with van der Waals surface area (Å²) in [6, 6.07) is 3.41. The Kier molecular flexibility index (Phi) is 5.55. The SMILES string of the molecule is CS(=O)(=O)N1CCN(C(=O)c2ccc(OC3CCOCC3)nc2)CC1. The summed E-state index contributed by atoms with van der Waals surface area (Å²) in [5, 5.41) is 0. The van der Waals surface area contributed by atoms with Crippen LogP contribution in [0.5, 0.6) is 5.88 Å². The average Bonchev–Trinajstić information content (AvgIpc) is 2.62. The number of aromatic nitrogens is 1. The van der Waals surface area contributed by atoms with Crippen molar-refractivity contribution in [1.29, 1.82) is 0 Å². The third-order valence-electron chi connectivity index (χ3n) is 4.43. The van der Waals surface area contributed by atoms with Crippen LogP contribution in [0.1, 0.15) is 23.2 Å². The number of nitrogens with zero attached hydrogens (tertiary/aromatic N) is 3. The van der Waals surface area contributed by atoms with Gasteiger partial charge in [0.1, 0.15) is 6.10 Å². The third kappa shape index (κ3) is 4.68. The molecular weight excluding hydrogens is 346 g/mol. The molecule has 0 N–H and O–H groups in total. The third-order valence-corrected chi connectivity index (χ3v) is 5.74. The van der Waals surface area contributed by atoms with E-state index >= 15 is 0 Å². The van der Waals surface area contributed by atoms with Crippen LogP contribution >= 0.6 is 0 Å². The lowest BCUT2D eigenvalue weighted by Crippen LogP contribution is -2.50. The Morgan fingerprint density at radius 2 is 1.88 bits per heavy atom. The van der Waals surface area contributed by atoms with E-state index < -0.39 is 10.0 Å². The van der Waals surface area contributed by atoms with Gasteiger partial charge < -0.3 is 14.4 Å². The summed E-state index contributed by atoms with van der Waals surface area (Å²) in [5.41, 5.74) is 0.479. The maximum atomic E-state index is 12.5. The summed E-state index contributed by atoms with van der Waals surface area (Å²) in [5.74, 6) is 0.364. The number of rotatable bonds is 4. The van der Waals surface area contributed by atoms with Crippen LogP contribution < -0.4 is 4.74 Å². The van der Waals surface area contributed by atoms with E-state index in [0.29, 0.717) is 50.8 Å². The van der Waals surface area contributed by atoms with Crippen LogP contribution in [0.25, 0.3) is 0 Å². The summed E-state index contributed by atoms with van der Waals surface area (Å²) in [7, 11) is -3.20. The first-order valence-electron chi connectivity index (χ1n) is 8.38. The lowest BCUT2D eigenvalue weighted by molar-refractivity contribution is 0.0237. The molecule has 8 nitrogen and oxygen atoms in total. The van der Waals surface area contributed by atoms with Gasteiger partial charge in [-0.25, -0.2) is 13.4 Å². The molecule has 9 heteroatoms. The van der Waals surface area contributed by atoms with Crippen molar-refractivity contribution < 1.29 is 22.7 Å². The lowest BCUT2D eigenvalue weighted by atomic mass is 10.1. The first kappa shape index (κ1) is 18.1. The van der Waals surface area contributed by atoms with Gasteiger partial charge in [-0.3, -0.25) is 4.79 Å². The summed E-state index contributed by atoms with van der Waals surface area (Å²) in [6.07, 6.45) is 4.48. The van der Waals surface area contributed by atoms with E-state index in [-0.39, 0.29) is 12.0 Å². The first-order chi connectivity index (χ1) is 11.9. The number of hydrogen-bond acceptors (Lipinski definition) is 6. The highest BCUT2D eigenvalue weighted by molar-refractivity contribution is 7.88. The van der Waals surface area contributed by atoms with Gasteiger partial charge in [0.2, 0.25) is 15.9 Å². The van der Waals surface area contributed by atoms with E-state index in [2.05, 4.69) is 4.98 Å². The number of sulfonamides is 1. The Bertz CT molecular complexity index is 693. The molecule has 138 valence electrons. The molecule has 0 bridgehead atoms. The molecule has 2 fully saturated rings. The molecule has 0 unspecified atom stereocenters. The lowest BCUT2D eigenvalue weighted by Gasteiger charge is -2.33. The van der Waals surface area contributed by atoms with Crippen molar-refractivity contribution in [3.63, 3.8) is 0 Å². The van der Waals surface area contributed by atoms with Gasteiger partial charge in [-0.05, 0) is 6.07 Å². The number of carbonyl (C=O) groups excluding carboxylic acids is 1. The summed E-state index contributed by atoms with van der Waals surface area (Å²) >= 11 is 0. The largest absolute Gasteiger partial charge is 0.474 e. The molecule has 3 heterocycles. The van der Waals surface area contributed by atoms with E-state index in [9.17, 15) is 13.2 Å². The zero-order valence-electron chi connectivity index (χ0n) is 14.3. The van der Waals surface area contributed by atoms with Crippen molar-refractivity contribution in [2.45, 2.75) is 18.9 Å². The molecule has 1 amide bonds. The van der Waals surface area contributed by atoms with Crippen LogP contribution in [-0.4, -0.2) is 80.3 Å². The Morgan fingerprint density at radius 3 is 2.44 bits per heavy atom. The summed E-state index contributed by atoms with van der Waals surface area (Å²) in [4.78, 5) is 18.4. The maximum Gasteiger partial charge on any atom is 0.255 e. The predicted molar refractivity (Wildman–Crippen MR) is 91.0 cm³/mol. The molecule has 0 radical (unpaired) electrons. The highest BCUT2D eigenvalue weighted by Gasteiger charge is 2.26. The molecule has 0 atom stereocenters. The molecule has 0 aliphatic carbocycles. The van der Waals surface area contributed by atoms with E-state index in [0.717, 1.165) is 12.8 Å². The standard InChI is InChI=1S/C16H23N3O5S/c1-25(21,22)19-8-6-18(7-9-19)16(20)13-2-3-15(17-12-13)24-14-4-10-23-11-5-14/h2-3,12,14H,4-11H2,1H3. The van der Waals surface area contributed by atoms with Crippen LogP contribution in [-0.2, 0) is 14.8 Å². The molecule has 0 saturated carbocycles. The second kappa shape index (κ2) is 7.67. The Morgan fingerprint density at radius 1 is 1.20 bits per heavy atom. The van der Waals surface area contributed by atoms with Crippen LogP contribution in [0, 0.1) is 0 Å². The fourth-order valence-electron chi connectivity index (χ4n) is 2.95. The van der Waals surface area contributed by atoms with Crippen molar-refractivity contribution in [2.75, 3.05) is 45.6 Å². The highest BCUT2D eigenvalue weighted by atomic mass is 32.2. The second-order valence-electron chi connectivity index (χ2n) is 6.27. The van der Waals surface area contributed by atoms with E-state index in [1.165, 1.54) is 16.8 Å². The molecule has 25 heavy (non-hydrogen) atoms. The molecule has 3 rings (SSSR count). The molecule has 2 aliphatic rings. The van der Waals surface area contributed by atoms with Gasteiger partial charge in [-0.15, -0.1) is 0 Å². The minimum Gasteiger partial charge on any atom is -0.474 e. The van der Waals surface area contributed by atoms with E-state index in [1.54, 1.807) is 17.0 Å². The highest BCUT2D eigenvalue weighted by Crippen LogP contribution is 2.17. The Hall–Kier alpha value is -1.71. The number of pyridine rings is 1. The van der Waals surface area contributed by atoms with Crippen molar-refractivity contribution in [1.82, 2.24) is 14.2 Å². The van der Waals surface area contributed by atoms with Crippen LogP contribution in [0.2, 0.25) is 0 Å². The Labute approximate surface area is 147 Å². The fourth-order valence-corrected chi connectivity index (χ4v) is 3.77.